The van der Waals surface area contributed by atoms with Gasteiger partial charge in [0.1, 0.15) is 16.7 Å². The minimum absolute atomic E-state index is 0.0790. The lowest BCUT2D eigenvalue weighted by Gasteiger charge is -2.14. The fourth-order valence-electron chi connectivity index (χ4n) is 3.51. The van der Waals surface area contributed by atoms with E-state index in [4.69, 9.17) is 28.6 Å². The molecule has 1 saturated heterocycles. The molecule has 1 fully saturated rings. The maximum atomic E-state index is 13.3. The van der Waals surface area contributed by atoms with E-state index < -0.39 is 0 Å². The van der Waals surface area contributed by atoms with Gasteiger partial charge in [-0.05, 0) is 60.2 Å². The molecule has 34 heavy (non-hydrogen) atoms. The zero-order chi connectivity index (χ0) is 23.7. The smallest absolute Gasteiger partial charge is 0.266 e. The van der Waals surface area contributed by atoms with Gasteiger partial charge in [-0.2, -0.15) is 0 Å². The second-order valence-electron chi connectivity index (χ2n) is 7.37. The first-order valence-corrected chi connectivity index (χ1v) is 11.8. The molecule has 6 nitrogen and oxygen atoms in total. The van der Waals surface area contributed by atoms with Gasteiger partial charge in [0.25, 0.3) is 11.5 Å². The number of nitrogens with zero attached hydrogens (tertiary/aromatic N) is 2. The van der Waals surface area contributed by atoms with Crippen molar-refractivity contribution in [2.45, 2.75) is 6.61 Å². The summed E-state index contributed by atoms with van der Waals surface area (Å²) in [6, 6.07) is 21.5. The normalized spacial score (nSPS) is 14.6. The molecule has 0 atom stereocenters. The molecule has 168 valence electrons. The Hall–Kier alpha value is -3.46. The van der Waals surface area contributed by atoms with E-state index in [0.717, 1.165) is 5.56 Å². The average molecular weight is 506 g/mol. The van der Waals surface area contributed by atoms with Crippen LogP contribution in [0.5, 0.6) is 5.75 Å². The van der Waals surface area contributed by atoms with Crippen LogP contribution < -0.4 is 15.6 Å². The summed E-state index contributed by atoms with van der Waals surface area (Å²) in [5, 5.41) is 3.69. The SMILES string of the molecule is O=C1NC(=S)S/C1=C/c1ccc(OCc2nc3ccccc3c(=O)n2-c2ccc(Cl)cc2)cc1. The number of nitrogens with one attached hydrogen (secondary N) is 1. The number of carbonyl (C=O) groups is 1. The van der Waals surface area contributed by atoms with E-state index in [1.165, 1.54) is 16.3 Å². The quantitative estimate of drug-likeness (QED) is 0.300. The van der Waals surface area contributed by atoms with Crippen LogP contribution in [0.15, 0.2) is 82.5 Å². The topological polar surface area (TPSA) is 73.2 Å². The van der Waals surface area contributed by atoms with Crippen LogP contribution in [-0.4, -0.2) is 19.8 Å². The van der Waals surface area contributed by atoms with Crippen molar-refractivity contribution in [1.29, 1.82) is 0 Å². The number of hydrogen-bond donors (Lipinski definition) is 1. The van der Waals surface area contributed by atoms with E-state index in [0.29, 0.717) is 42.4 Å². The lowest BCUT2D eigenvalue weighted by Crippen LogP contribution is -2.25. The lowest BCUT2D eigenvalue weighted by molar-refractivity contribution is -0.115. The van der Waals surface area contributed by atoms with Crippen molar-refractivity contribution in [1.82, 2.24) is 14.9 Å². The van der Waals surface area contributed by atoms with Gasteiger partial charge in [-0.3, -0.25) is 14.2 Å². The number of thiocarbonyl (C=S) groups is 1. The average Bonchev–Trinajstić information content (AvgIpc) is 3.16. The van der Waals surface area contributed by atoms with E-state index >= 15 is 0 Å². The zero-order valence-corrected chi connectivity index (χ0v) is 19.9. The van der Waals surface area contributed by atoms with Gasteiger partial charge >= 0.3 is 0 Å². The van der Waals surface area contributed by atoms with Crippen LogP contribution in [-0.2, 0) is 11.4 Å². The highest BCUT2D eigenvalue weighted by Crippen LogP contribution is 2.26. The van der Waals surface area contributed by atoms with E-state index in [1.54, 1.807) is 54.6 Å². The first-order valence-electron chi connectivity index (χ1n) is 10.2. The molecule has 1 aliphatic heterocycles. The minimum Gasteiger partial charge on any atom is -0.486 e. The van der Waals surface area contributed by atoms with E-state index in [-0.39, 0.29) is 18.1 Å². The van der Waals surface area contributed by atoms with E-state index in [1.807, 2.05) is 24.3 Å². The highest BCUT2D eigenvalue weighted by atomic mass is 35.5. The first kappa shape index (κ1) is 22.3. The molecule has 0 saturated carbocycles. The van der Waals surface area contributed by atoms with E-state index in [2.05, 4.69) is 10.3 Å². The Labute approximate surface area is 209 Å². The van der Waals surface area contributed by atoms with E-state index in [9.17, 15) is 9.59 Å². The summed E-state index contributed by atoms with van der Waals surface area (Å²) in [6.07, 6.45) is 1.77. The Balaban J connectivity index is 1.44. The molecular formula is C25H16ClN3O3S2. The van der Waals surface area contributed by atoms with Crippen LogP contribution in [0.1, 0.15) is 11.4 Å². The maximum Gasteiger partial charge on any atom is 0.266 e. The number of rotatable bonds is 5. The monoisotopic (exact) mass is 505 g/mol. The Morgan fingerprint density at radius 3 is 2.47 bits per heavy atom. The third kappa shape index (κ3) is 4.61. The van der Waals surface area contributed by atoms with Crippen molar-refractivity contribution in [3.05, 3.63) is 104 Å². The molecule has 0 unspecified atom stereocenters. The Morgan fingerprint density at radius 1 is 1.03 bits per heavy atom. The number of ether oxygens (including phenoxy) is 1. The summed E-state index contributed by atoms with van der Waals surface area (Å²) in [5.74, 6) is 0.869. The molecule has 2 heterocycles. The van der Waals surface area contributed by atoms with Crippen LogP contribution in [0.3, 0.4) is 0 Å². The molecule has 1 amide bonds. The van der Waals surface area contributed by atoms with Crippen LogP contribution in [0.2, 0.25) is 5.02 Å². The summed E-state index contributed by atoms with van der Waals surface area (Å²) in [6.45, 7) is 0.0790. The molecular weight excluding hydrogens is 490 g/mol. The summed E-state index contributed by atoms with van der Waals surface area (Å²) < 4.78 is 7.96. The number of aromatic nitrogens is 2. The van der Waals surface area contributed by atoms with Crippen molar-refractivity contribution in [2.24, 2.45) is 0 Å². The van der Waals surface area contributed by atoms with Gasteiger partial charge < -0.3 is 10.1 Å². The highest BCUT2D eigenvalue weighted by molar-refractivity contribution is 8.26. The summed E-state index contributed by atoms with van der Waals surface area (Å²) in [7, 11) is 0. The maximum absolute atomic E-state index is 13.3. The van der Waals surface area contributed by atoms with Crippen molar-refractivity contribution in [3.63, 3.8) is 0 Å². The number of halogens is 1. The van der Waals surface area contributed by atoms with Crippen LogP contribution in [0.4, 0.5) is 0 Å². The summed E-state index contributed by atoms with van der Waals surface area (Å²) in [4.78, 5) is 30.4. The second-order valence-corrected chi connectivity index (χ2v) is 9.53. The van der Waals surface area contributed by atoms with Gasteiger partial charge in [0.15, 0.2) is 5.82 Å². The molecule has 1 aromatic heterocycles. The van der Waals surface area contributed by atoms with Gasteiger partial charge in [-0.15, -0.1) is 0 Å². The molecule has 4 aromatic rings. The van der Waals surface area contributed by atoms with Crippen molar-refractivity contribution < 1.29 is 9.53 Å². The Morgan fingerprint density at radius 2 is 1.76 bits per heavy atom. The molecule has 0 spiro atoms. The largest absolute Gasteiger partial charge is 0.486 e. The molecule has 1 aliphatic rings. The molecule has 3 aromatic carbocycles. The molecule has 9 heteroatoms. The van der Waals surface area contributed by atoms with Gasteiger partial charge in [0, 0.05) is 5.02 Å². The second kappa shape index (κ2) is 9.42. The van der Waals surface area contributed by atoms with Gasteiger partial charge in [0.05, 0.1) is 21.5 Å². The Bertz CT molecular complexity index is 1510. The van der Waals surface area contributed by atoms with Crippen molar-refractivity contribution in [2.75, 3.05) is 0 Å². The number of hydrogen-bond acceptors (Lipinski definition) is 6. The molecule has 5 rings (SSSR count). The molecule has 0 radical (unpaired) electrons. The van der Waals surface area contributed by atoms with Crippen molar-refractivity contribution in [3.8, 4) is 11.4 Å². The summed E-state index contributed by atoms with van der Waals surface area (Å²) >= 11 is 12.3. The Kier molecular flexibility index (Phi) is 6.19. The molecule has 0 bridgehead atoms. The number of amides is 1. The fourth-order valence-corrected chi connectivity index (χ4v) is 4.68. The number of thioether (sulfide) groups is 1. The fraction of sp³-hybridized carbons (Fsp3) is 0.0400. The lowest BCUT2D eigenvalue weighted by atomic mass is 10.2. The third-order valence-electron chi connectivity index (χ3n) is 5.12. The van der Waals surface area contributed by atoms with Crippen LogP contribution in [0, 0.1) is 0 Å². The van der Waals surface area contributed by atoms with Gasteiger partial charge in [-0.1, -0.05) is 59.8 Å². The van der Waals surface area contributed by atoms with Gasteiger partial charge in [0.2, 0.25) is 0 Å². The number of para-hydroxylation sites is 1. The first-order chi connectivity index (χ1) is 16.5. The minimum atomic E-state index is -0.196. The number of fused-ring (bicyclic) bond motifs is 1. The van der Waals surface area contributed by atoms with Gasteiger partial charge in [-0.25, -0.2) is 4.98 Å². The molecule has 1 N–H and O–H groups in total. The van der Waals surface area contributed by atoms with Crippen LogP contribution in [0.25, 0.3) is 22.7 Å². The molecule has 0 aliphatic carbocycles. The van der Waals surface area contributed by atoms with Crippen LogP contribution >= 0.6 is 35.6 Å². The standard InChI is InChI=1S/C25H16ClN3O3S2/c26-16-7-9-17(10-8-16)29-22(27-20-4-2-1-3-19(20)24(29)31)14-32-18-11-5-15(6-12-18)13-21-23(30)28-25(33)34-21/h1-13H,14H2,(H,28,30,33)/b21-13+. The third-order valence-corrected chi connectivity index (χ3v) is 6.53. The number of benzene rings is 3. The zero-order valence-electron chi connectivity index (χ0n) is 17.5. The summed E-state index contributed by atoms with van der Waals surface area (Å²) in [5.41, 5.74) is 1.91. The number of carbonyl (C=O) groups excluding carboxylic acids is 1. The highest BCUT2D eigenvalue weighted by Gasteiger charge is 2.21. The predicted molar refractivity (Wildman–Crippen MR) is 139 cm³/mol. The predicted octanol–water partition coefficient (Wildman–Crippen LogP) is 5.11. The van der Waals surface area contributed by atoms with Crippen molar-refractivity contribution >= 4 is 62.8 Å².